The molecule has 0 radical (unpaired) electrons. The average molecular weight is 885 g/mol. The highest BCUT2D eigenvalue weighted by molar-refractivity contribution is 14.1. The van der Waals surface area contributed by atoms with Crippen molar-refractivity contribution >= 4 is 91.6 Å². The first-order valence-electron chi connectivity index (χ1n) is 17.8. The fourth-order valence-corrected chi connectivity index (χ4v) is 10.3. The number of hydrazine groups is 1. The maximum absolute atomic E-state index is 15.6. The Hall–Kier alpha value is -4.91. The quantitative estimate of drug-likeness (QED) is 0.0997. The standard InChI is InChI=1S/C43H32Cl2IN3O6/c1-55-27-14-7-23(8-15-27)43-33(40(52)49(42(43)54)47-35-19-9-24(44)20-34(35)45)21-32-29(37(43)31-16-6-22-4-2-3-5-28(22)38(31)50)17-18-30-36(32)41(53)48(39(30)51)26-12-10-25(46)11-13-26/h2-17,19-20,30,32-33,36-37,47,50H,18,21H2,1H3/t30-,32+,33-,36-,37+,43+/m0/s1. The Morgan fingerprint density at radius 2 is 1.60 bits per heavy atom. The first-order chi connectivity index (χ1) is 26.5. The number of amides is 4. The maximum atomic E-state index is 15.6. The molecule has 0 aromatic heterocycles. The zero-order chi connectivity index (χ0) is 38.3. The molecule has 12 heteroatoms. The van der Waals surface area contributed by atoms with Crippen LogP contribution in [0.25, 0.3) is 10.8 Å². The van der Waals surface area contributed by atoms with Gasteiger partial charge in [0.05, 0.1) is 46.7 Å². The Bertz CT molecular complexity index is 2490. The second kappa shape index (κ2) is 13.4. The van der Waals surface area contributed by atoms with E-state index in [1.165, 1.54) is 11.0 Å². The van der Waals surface area contributed by atoms with E-state index >= 15 is 9.59 Å². The van der Waals surface area contributed by atoms with Crippen LogP contribution >= 0.6 is 45.8 Å². The molecular formula is C43H32Cl2IN3O6. The van der Waals surface area contributed by atoms with Crippen LogP contribution in [0.5, 0.6) is 11.5 Å². The van der Waals surface area contributed by atoms with Crippen molar-refractivity contribution in [3.63, 3.8) is 0 Å². The number of hydrogen-bond donors (Lipinski definition) is 2. The number of rotatable bonds is 6. The number of carbonyl (C=O) groups excluding carboxylic acids is 4. The van der Waals surface area contributed by atoms with Gasteiger partial charge in [0.15, 0.2) is 0 Å². The average Bonchev–Trinajstić information content (AvgIpc) is 3.57. The van der Waals surface area contributed by atoms with Crippen LogP contribution in [0.2, 0.25) is 10.0 Å². The van der Waals surface area contributed by atoms with Crippen molar-refractivity contribution in [1.82, 2.24) is 5.01 Å². The largest absolute Gasteiger partial charge is 0.507 e. The lowest BCUT2D eigenvalue weighted by Gasteiger charge is -2.50. The van der Waals surface area contributed by atoms with E-state index in [1.807, 2.05) is 54.6 Å². The number of imide groups is 2. The molecule has 2 N–H and O–H groups in total. The molecule has 0 unspecified atom stereocenters. The molecule has 2 heterocycles. The van der Waals surface area contributed by atoms with E-state index in [0.717, 1.165) is 19.5 Å². The summed E-state index contributed by atoms with van der Waals surface area (Å²) in [5, 5.41) is 15.2. The van der Waals surface area contributed by atoms with Crippen molar-refractivity contribution in [3.05, 3.63) is 140 Å². The summed E-state index contributed by atoms with van der Waals surface area (Å²) in [5.41, 5.74) is 3.89. The Morgan fingerprint density at radius 3 is 2.33 bits per heavy atom. The van der Waals surface area contributed by atoms with Crippen molar-refractivity contribution in [3.8, 4) is 11.5 Å². The third-order valence-corrected chi connectivity index (χ3v) is 13.2. The van der Waals surface area contributed by atoms with Crippen molar-refractivity contribution in [2.24, 2.45) is 23.7 Å². The third kappa shape index (κ3) is 5.32. The molecule has 4 amide bonds. The minimum atomic E-state index is -1.61. The second-order valence-corrected chi connectivity index (χ2v) is 16.5. The Kier molecular flexibility index (Phi) is 8.71. The molecule has 5 aromatic carbocycles. The number of hydrogen-bond acceptors (Lipinski definition) is 7. The topological polar surface area (TPSA) is 116 Å². The molecule has 1 saturated carbocycles. The molecule has 3 fully saturated rings. The SMILES string of the molecule is COc1ccc([C@@]23C(=O)N(Nc4ccc(Cl)cc4Cl)C(=O)[C@@H]2C[C@@H]2C(=CC[C@@H]4C(=O)N(c5ccc(I)cc5)C(=O)[C@@H]42)[C@@H]3c2ccc3ccccc3c2O)cc1. The van der Waals surface area contributed by atoms with Crippen molar-refractivity contribution < 1.29 is 29.0 Å². The molecule has 4 aliphatic rings. The number of phenolic OH excluding ortho intramolecular Hbond substituents is 1. The Labute approximate surface area is 340 Å². The minimum absolute atomic E-state index is 0.0276. The summed E-state index contributed by atoms with van der Waals surface area (Å²) >= 11 is 15.0. The van der Waals surface area contributed by atoms with Crippen LogP contribution in [0.4, 0.5) is 11.4 Å². The molecular weight excluding hydrogens is 852 g/mol. The van der Waals surface area contributed by atoms with E-state index < -0.39 is 46.8 Å². The molecule has 2 aliphatic carbocycles. The highest BCUT2D eigenvalue weighted by Gasteiger charge is 2.70. The van der Waals surface area contributed by atoms with Gasteiger partial charge in [-0.15, -0.1) is 0 Å². The van der Waals surface area contributed by atoms with E-state index in [4.69, 9.17) is 27.9 Å². The van der Waals surface area contributed by atoms with Crippen LogP contribution in [0, 0.1) is 27.2 Å². The monoisotopic (exact) mass is 883 g/mol. The highest BCUT2D eigenvalue weighted by atomic mass is 127. The zero-order valence-electron chi connectivity index (χ0n) is 29.2. The zero-order valence-corrected chi connectivity index (χ0v) is 32.9. The highest BCUT2D eigenvalue weighted by Crippen LogP contribution is 2.65. The number of benzene rings is 5. The molecule has 0 spiro atoms. The van der Waals surface area contributed by atoms with E-state index in [9.17, 15) is 14.7 Å². The number of ether oxygens (including phenoxy) is 1. The lowest BCUT2D eigenvalue weighted by Crippen LogP contribution is -2.53. The van der Waals surface area contributed by atoms with Gasteiger partial charge < -0.3 is 9.84 Å². The van der Waals surface area contributed by atoms with Crippen LogP contribution in [-0.4, -0.2) is 40.9 Å². The van der Waals surface area contributed by atoms with Crippen LogP contribution in [-0.2, 0) is 24.6 Å². The molecule has 55 heavy (non-hydrogen) atoms. The molecule has 2 aliphatic heterocycles. The van der Waals surface area contributed by atoms with E-state index in [0.29, 0.717) is 38.7 Å². The molecule has 2 saturated heterocycles. The molecule has 5 aromatic rings. The number of nitrogens with zero attached hydrogens (tertiary/aromatic N) is 2. The molecule has 276 valence electrons. The number of nitrogens with one attached hydrogen (secondary N) is 1. The van der Waals surface area contributed by atoms with Gasteiger partial charge in [-0.1, -0.05) is 83.4 Å². The van der Waals surface area contributed by atoms with E-state index in [2.05, 4.69) is 28.0 Å². The predicted octanol–water partition coefficient (Wildman–Crippen LogP) is 8.65. The summed E-state index contributed by atoms with van der Waals surface area (Å²) in [7, 11) is 1.55. The number of halogens is 3. The normalized spacial score (nSPS) is 25.8. The first kappa shape index (κ1) is 35.8. The fourth-order valence-electron chi connectivity index (χ4n) is 9.54. The number of methoxy groups -OCH3 is 1. The summed E-state index contributed by atoms with van der Waals surface area (Å²) in [6, 6.07) is 30.1. The van der Waals surface area contributed by atoms with Gasteiger partial charge >= 0.3 is 0 Å². The number of phenols is 1. The van der Waals surface area contributed by atoms with Gasteiger partial charge in [0.25, 0.3) is 11.8 Å². The summed E-state index contributed by atoms with van der Waals surface area (Å²) in [5.74, 6) is -5.18. The van der Waals surface area contributed by atoms with Gasteiger partial charge in [-0.2, -0.15) is 5.01 Å². The van der Waals surface area contributed by atoms with E-state index in [-0.39, 0.29) is 35.4 Å². The van der Waals surface area contributed by atoms with Crippen LogP contribution in [0.15, 0.2) is 115 Å². The molecule has 0 bridgehead atoms. The van der Waals surface area contributed by atoms with Gasteiger partial charge in [-0.3, -0.25) is 29.5 Å². The van der Waals surface area contributed by atoms with Gasteiger partial charge in [0, 0.05) is 25.5 Å². The summed E-state index contributed by atoms with van der Waals surface area (Å²) < 4.78 is 6.46. The first-order valence-corrected chi connectivity index (χ1v) is 19.7. The molecule has 6 atom stereocenters. The second-order valence-electron chi connectivity index (χ2n) is 14.4. The lowest BCUT2D eigenvalue weighted by atomic mass is 9.49. The smallest absolute Gasteiger partial charge is 0.260 e. The van der Waals surface area contributed by atoms with Crippen molar-refractivity contribution in [2.45, 2.75) is 24.2 Å². The van der Waals surface area contributed by atoms with Crippen molar-refractivity contribution in [2.75, 3.05) is 17.4 Å². The maximum Gasteiger partial charge on any atom is 0.260 e. The van der Waals surface area contributed by atoms with Crippen LogP contribution in [0.1, 0.15) is 29.9 Å². The number of fused-ring (bicyclic) bond motifs is 5. The Balaban J connectivity index is 1.27. The van der Waals surface area contributed by atoms with E-state index in [1.54, 1.807) is 55.6 Å². The number of aromatic hydroxyl groups is 1. The minimum Gasteiger partial charge on any atom is -0.507 e. The van der Waals surface area contributed by atoms with Gasteiger partial charge in [0.1, 0.15) is 11.5 Å². The number of carbonyl (C=O) groups is 4. The third-order valence-electron chi connectivity index (χ3n) is 11.9. The molecule has 9 nitrogen and oxygen atoms in total. The number of anilines is 2. The fraction of sp³-hybridized carbons (Fsp3) is 0.209. The lowest BCUT2D eigenvalue weighted by molar-refractivity contribution is -0.138. The van der Waals surface area contributed by atoms with Gasteiger partial charge in [-0.05, 0) is 107 Å². The van der Waals surface area contributed by atoms with Crippen LogP contribution < -0.4 is 15.1 Å². The van der Waals surface area contributed by atoms with Gasteiger partial charge in [0.2, 0.25) is 11.8 Å². The predicted molar refractivity (Wildman–Crippen MR) is 218 cm³/mol. The van der Waals surface area contributed by atoms with Crippen LogP contribution in [0.3, 0.4) is 0 Å². The summed E-state index contributed by atoms with van der Waals surface area (Å²) in [4.78, 5) is 60.6. The summed E-state index contributed by atoms with van der Waals surface area (Å²) in [6.07, 6.45) is 2.32. The van der Waals surface area contributed by atoms with Gasteiger partial charge in [-0.25, -0.2) is 0 Å². The molecule has 9 rings (SSSR count). The number of allylic oxidation sites excluding steroid dienone is 2. The summed E-state index contributed by atoms with van der Waals surface area (Å²) in [6.45, 7) is 0. The Morgan fingerprint density at radius 1 is 0.855 bits per heavy atom. The van der Waals surface area contributed by atoms with Crippen molar-refractivity contribution in [1.29, 1.82) is 0 Å².